The molecule has 230 valence electrons. The molecule has 0 aromatic carbocycles. The smallest absolute Gasteiger partial charge is 0.405 e. The van der Waals surface area contributed by atoms with Crippen molar-refractivity contribution in [3.63, 3.8) is 0 Å². The summed E-state index contributed by atoms with van der Waals surface area (Å²) < 4.78 is 84.6. The van der Waals surface area contributed by atoms with Gasteiger partial charge in [-0.25, -0.2) is 0 Å². The number of carbonyl (C=O) groups excluding carboxylic acids is 4. The summed E-state index contributed by atoms with van der Waals surface area (Å²) in [7, 11) is -5.83. The van der Waals surface area contributed by atoms with E-state index in [0.29, 0.717) is 31.6 Å². The Morgan fingerprint density at radius 1 is 1.07 bits per heavy atom. The van der Waals surface area contributed by atoms with Gasteiger partial charge in [0.25, 0.3) is 0 Å². The molecule has 4 saturated carbocycles. The van der Waals surface area contributed by atoms with Gasteiger partial charge in [-0.15, -0.1) is 0 Å². The normalized spacial score (nSPS) is 36.6. The van der Waals surface area contributed by atoms with Crippen molar-refractivity contribution < 1.29 is 64.6 Å². The average molecular weight is 609 g/mol. The predicted octanol–water partition coefficient (Wildman–Crippen LogP) is 2.38. The van der Waals surface area contributed by atoms with Gasteiger partial charge in [0, 0.05) is 18.3 Å². The van der Waals surface area contributed by atoms with Crippen LogP contribution in [-0.2, 0) is 53.0 Å². The third-order valence-electron chi connectivity index (χ3n) is 9.33. The van der Waals surface area contributed by atoms with Crippen LogP contribution in [0.2, 0.25) is 0 Å². The van der Waals surface area contributed by atoms with Gasteiger partial charge in [-0.2, -0.15) is 17.2 Å². The van der Waals surface area contributed by atoms with Crippen molar-refractivity contribution in [3.05, 3.63) is 0 Å². The minimum absolute atomic E-state index is 0.0370. The lowest BCUT2D eigenvalue weighted by Crippen LogP contribution is -2.44. The molecular formula is C26H34F2O12S. The summed E-state index contributed by atoms with van der Waals surface area (Å²) in [6.07, 6.45) is -1.08. The standard InChI is InChI=1S/C26H34F2O12S/c1-3-19(37-16-9-12-4-5-13(16)8-12)39-24(31)20-14-10-15-21(20)25(32)40-23(15)22(14)38-18(30)7-6-17(29)36-11(2)26(27,28)41(33,34)35/h11-16,19-23H,3-10H2,1-2H3,(H,33,34,35). The van der Waals surface area contributed by atoms with Crippen LogP contribution in [0.1, 0.15) is 65.2 Å². The number of ether oxygens (including phenoxy) is 5. The van der Waals surface area contributed by atoms with E-state index in [4.69, 9.17) is 23.5 Å². The van der Waals surface area contributed by atoms with Crippen molar-refractivity contribution in [2.24, 2.45) is 35.5 Å². The Morgan fingerprint density at radius 2 is 1.78 bits per heavy atom. The number of alkyl halides is 2. The summed E-state index contributed by atoms with van der Waals surface area (Å²) in [4.78, 5) is 50.4. The zero-order valence-electron chi connectivity index (χ0n) is 22.6. The van der Waals surface area contributed by atoms with Crippen LogP contribution in [0.15, 0.2) is 0 Å². The maximum Gasteiger partial charge on any atom is 0.405 e. The molecule has 0 amide bonds. The highest BCUT2D eigenvalue weighted by molar-refractivity contribution is 7.86. The molecule has 0 spiro atoms. The Hall–Kier alpha value is -2.39. The largest absolute Gasteiger partial charge is 0.458 e. The Morgan fingerprint density at radius 3 is 2.39 bits per heavy atom. The molecule has 0 aromatic rings. The van der Waals surface area contributed by atoms with E-state index in [9.17, 15) is 36.4 Å². The van der Waals surface area contributed by atoms with E-state index < -0.39 is 94.4 Å². The molecule has 5 rings (SSSR count). The van der Waals surface area contributed by atoms with E-state index >= 15 is 0 Å². The SMILES string of the molecule is CCC(OC(=O)C1C2CC3C(OC(=O)C31)C2OC(=O)CCC(=O)OC(C)C(F)(F)S(=O)(=O)O)OC1CC2CCC1C2. The van der Waals surface area contributed by atoms with Crippen LogP contribution in [0.25, 0.3) is 0 Å². The molecule has 5 aliphatic rings. The molecule has 11 atom stereocenters. The maximum atomic E-state index is 13.6. The highest BCUT2D eigenvalue weighted by Gasteiger charge is 2.70. The summed E-state index contributed by atoms with van der Waals surface area (Å²) in [5, 5.41) is -4.74. The molecule has 1 saturated heterocycles. The van der Waals surface area contributed by atoms with Gasteiger partial charge in [-0.1, -0.05) is 6.92 Å². The van der Waals surface area contributed by atoms with Crippen LogP contribution in [0.5, 0.6) is 0 Å². The Balaban J connectivity index is 1.16. The van der Waals surface area contributed by atoms with Gasteiger partial charge in [0.1, 0.15) is 12.2 Å². The third-order valence-corrected chi connectivity index (χ3v) is 10.3. The molecule has 4 aliphatic carbocycles. The molecule has 0 aromatic heterocycles. The van der Waals surface area contributed by atoms with Crippen LogP contribution in [0.4, 0.5) is 8.78 Å². The monoisotopic (exact) mass is 608 g/mol. The van der Waals surface area contributed by atoms with Crippen molar-refractivity contribution in [2.45, 2.75) is 101 Å². The molecule has 5 fully saturated rings. The Labute approximate surface area is 235 Å². The van der Waals surface area contributed by atoms with Gasteiger partial charge in [0.15, 0.2) is 6.10 Å². The quantitative estimate of drug-likeness (QED) is 0.149. The lowest BCUT2D eigenvalue weighted by molar-refractivity contribution is -0.204. The summed E-state index contributed by atoms with van der Waals surface area (Å²) in [5.74, 6) is -4.83. The highest BCUT2D eigenvalue weighted by atomic mass is 32.2. The van der Waals surface area contributed by atoms with Crippen LogP contribution in [0.3, 0.4) is 0 Å². The van der Waals surface area contributed by atoms with Crippen LogP contribution >= 0.6 is 0 Å². The fourth-order valence-electron chi connectivity index (χ4n) is 7.38. The van der Waals surface area contributed by atoms with E-state index in [1.165, 1.54) is 6.42 Å². The fourth-order valence-corrected chi connectivity index (χ4v) is 7.85. The van der Waals surface area contributed by atoms with E-state index in [1.54, 1.807) is 0 Å². The van der Waals surface area contributed by atoms with Gasteiger partial charge in [0.05, 0.1) is 30.8 Å². The zero-order chi connectivity index (χ0) is 29.9. The molecule has 1 heterocycles. The number of halogens is 2. The van der Waals surface area contributed by atoms with Gasteiger partial charge < -0.3 is 23.7 Å². The predicted molar refractivity (Wildman–Crippen MR) is 130 cm³/mol. The first kappa shape index (κ1) is 30.1. The van der Waals surface area contributed by atoms with E-state index in [1.807, 2.05) is 6.92 Å². The van der Waals surface area contributed by atoms with Crippen molar-refractivity contribution in [2.75, 3.05) is 0 Å². The van der Waals surface area contributed by atoms with Crippen molar-refractivity contribution in [1.82, 2.24) is 0 Å². The Kier molecular flexibility index (Phi) is 8.09. The van der Waals surface area contributed by atoms with Crippen LogP contribution in [-0.4, -0.2) is 72.8 Å². The molecule has 0 radical (unpaired) electrons. The summed E-state index contributed by atoms with van der Waals surface area (Å²) in [6.45, 7) is 2.42. The molecule has 15 heteroatoms. The maximum absolute atomic E-state index is 13.6. The topological polar surface area (TPSA) is 169 Å². The van der Waals surface area contributed by atoms with E-state index in [0.717, 1.165) is 19.3 Å². The zero-order valence-corrected chi connectivity index (χ0v) is 23.4. The number of hydrogen-bond acceptors (Lipinski definition) is 11. The van der Waals surface area contributed by atoms with Crippen molar-refractivity contribution >= 4 is 34.0 Å². The summed E-state index contributed by atoms with van der Waals surface area (Å²) in [6, 6.07) is 0. The van der Waals surface area contributed by atoms with Gasteiger partial charge in [-0.05, 0) is 50.9 Å². The van der Waals surface area contributed by atoms with Gasteiger partial charge in [-0.3, -0.25) is 23.7 Å². The minimum Gasteiger partial charge on any atom is -0.458 e. The molecule has 1 aliphatic heterocycles. The van der Waals surface area contributed by atoms with E-state index in [-0.39, 0.29) is 12.0 Å². The van der Waals surface area contributed by atoms with Crippen LogP contribution in [0, 0.1) is 35.5 Å². The minimum atomic E-state index is -5.83. The van der Waals surface area contributed by atoms with E-state index in [2.05, 4.69) is 4.74 Å². The lowest BCUT2D eigenvalue weighted by atomic mass is 9.78. The molecule has 12 nitrogen and oxygen atoms in total. The Bertz CT molecular complexity index is 1190. The van der Waals surface area contributed by atoms with Crippen LogP contribution < -0.4 is 0 Å². The van der Waals surface area contributed by atoms with Crippen molar-refractivity contribution in [1.29, 1.82) is 0 Å². The first-order chi connectivity index (χ1) is 19.2. The second kappa shape index (κ2) is 11.0. The fraction of sp³-hybridized carbons (Fsp3) is 0.846. The number of esters is 4. The van der Waals surface area contributed by atoms with Gasteiger partial charge >= 0.3 is 39.2 Å². The molecule has 41 heavy (non-hydrogen) atoms. The first-order valence-corrected chi connectivity index (χ1v) is 15.5. The number of hydrogen-bond donors (Lipinski definition) is 1. The average Bonchev–Trinajstić information content (AvgIpc) is 3.69. The van der Waals surface area contributed by atoms with Gasteiger partial charge in [0.2, 0.25) is 6.29 Å². The molecule has 4 bridgehead atoms. The number of rotatable bonds is 12. The second-order valence-corrected chi connectivity index (χ2v) is 13.3. The number of fused-ring (bicyclic) bond motifs is 3. The highest BCUT2D eigenvalue weighted by Crippen LogP contribution is 2.59. The summed E-state index contributed by atoms with van der Waals surface area (Å²) >= 11 is 0. The molecule has 1 N–H and O–H groups in total. The lowest BCUT2D eigenvalue weighted by Gasteiger charge is -2.32. The van der Waals surface area contributed by atoms with Crippen molar-refractivity contribution in [3.8, 4) is 0 Å². The molecular weight excluding hydrogens is 574 g/mol. The third kappa shape index (κ3) is 5.56. The first-order valence-electron chi connectivity index (χ1n) is 14.0. The second-order valence-electron chi connectivity index (χ2n) is 11.8. The summed E-state index contributed by atoms with van der Waals surface area (Å²) in [5.41, 5.74) is 0. The number of carbonyl (C=O) groups is 4. The molecule has 11 unspecified atom stereocenters.